The number of nitrogens with one attached hydrogen (secondary N) is 2. The number of amides is 1. The van der Waals surface area contributed by atoms with Crippen molar-refractivity contribution < 1.29 is 4.79 Å². The summed E-state index contributed by atoms with van der Waals surface area (Å²) in [5.41, 5.74) is 1.53. The molecule has 2 rings (SSSR count). The van der Waals surface area contributed by atoms with Gasteiger partial charge in [0.05, 0.1) is 6.54 Å². The Balaban J connectivity index is 1.99. The summed E-state index contributed by atoms with van der Waals surface area (Å²) in [6.45, 7) is 0.386. The van der Waals surface area contributed by atoms with Crippen LogP contribution in [0.3, 0.4) is 0 Å². The van der Waals surface area contributed by atoms with E-state index >= 15 is 0 Å². The predicted octanol–water partition coefficient (Wildman–Crippen LogP) is 2.08. The number of halogens is 1. The van der Waals surface area contributed by atoms with Crippen molar-refractivity contribution in [2.75, 3.05) is 0 Å². The zero-order valence-corrected chi connectivity index (χ0v) is 9.87. The summed E-state index contributed by atoms with van der Waals surface area (Å²) in [5, 5.41) is 2.78. The van der Waals surface area contributed by atoms with Crippen LogP contribution in [-0.2, 0) is 12.4 Å². The van der Waals surface area contributed by atoms with Gasteiger partial charge in [0.1, 0.15) is 5.82 Å². The minimum absolute atomic E-state index is 0.131. The molecule has 0 unspecified atom stereocenters. The lowest BCUT2D eigenvalue weighted by Crippen LogP contribution is -2.23. The first-order chi connectivity index (χ1) is 8.29. The minimum Gasteiger partial charge on any atom is -0.347 e. The lowest BCUT2D eigenvalue weighted by Gasteiger charge is -2.04. The Bertz CT molecular complexity index is 496. The fourth-order valence-corrected chi connectivity index (χ4v) is 1.62. The molecule has 0 saturated heterocycles. The molecule has 0 saturated carbocycles. The summed E-state index contributed by atoms with van der Waals surface area (Å²) < 4.78 is 0. The maximum atomic E-state index is 11.8. The molecule has 0 atom stereocenters. The van der Waals surface area contributed by atoms with Gasteiger partial charge in [0.15, 0.2) is 0 Å². The second-order valence-corrected chi connectivity index (χ2v) is 3.82. The molecule has 0 aliphatic carbocycles. The molecular weight excluding hydrogens is 238 g/mol. The van der Waals surface area contributed by atoms with Crippen LogP contribution in [0.1, 0.15) is 21.7 Å². The van der Waals surface area contributed by atoms with E-state index in [1.54, 1.807) is 24.5 Å². The molecule has 5 heteroatoms. The summed E-state index contributed by atoms with van der Waals surface area (Å²) in [6, 6.07) is 7.24. The van der Waals surface area contributed by atoms with Gasteiger partial charge in [-0.05, 0) is 17.7 Å². The lowest BCUT2D eigenvalue weighted by molar-refractivity contribution is 0.0950. The van der Waals surface area contributed by atoms with E-state index in [1.807, 2.05) is 12.1 Å². The number of hydrogen-bond acceptors (Lipinski definition) is 2. The van der Waals surface area contributed by atoms with Crippen molar-refractivity contribution in [3.05, 3.63) is 53.6 Å². The van der Waals surface area contributed by atoms with Gasteiger partial charge < -0.3 is 10.3 Å². The molecular formula is C12H12ClN3O. The molecule has 1 aromatic heterocycles. The van der Waals surface area contributed by atoms with Crippen molar-refractivity contribution in [2.24, 2.45) is 0 Å². The third-order valence-corrected chi connectivity index (χ3v) is 2.62. The third-order valence-electron chi connectivity index (χ3n) is 2.31. The molecule has 1 amide bonds. The number of benzene rings is 1. The molecule has 1 aromatic carbocycles. The first-order valence-corrected chi connectivity index (χ1v) is 5.74. The Morgan fingerprint density at radius 3 is 3.06 bits per heavy atom. The van der Waals surface area contributed by atoms with E-state index < -0.39 is 0 Å². The van der Waals surface area contributed by atoms with Crippen LogP contribution in [0.2, 0.25) is 0 Å². The normalized spacial score (nSPS) is 10.2. The molecule has 88 valence electrons. The van der Waals surface area contributed by atoms with Crippen molar-refractivity contribution >= 4 is 17.5 Å². The maximum Gasteiger partial charge on any atom is 0.251 e. The fourth-order valence-electron chi connectivity index (χ4n) is 1.46. The van der Waals surface area contributed by atoms with Gasteiger partial charge in [-0.15, -0.1) is 11.6 Å². The standard InChI is InChI=1S/C12H12ClN3O/c13-7-9-2-1-3-10(6-9)12(17)16-8-11-14-4-5-15-11/h1-6H,7-8H2,(H,14,15)(H,16,17). The molecule has 0 aliphatic heterocycles. The number of H-pyrrole nitrogens is 1. The van der Waals surface area contributed by atoms with Crippen molar-refractivity contribution in [3.8, 4) is 0 Å². The smallest absolute Gasteiger partial charge is 0.251 e. The second kappa shape index (κ2) is 5.50. The Morgan fingerprint density at radius 1 is 1.47 bits per heavy atom. The average Bonchev–Trinajstić information content (AvgIpc) is 2.89. The summed E-state index contributed by atoms with van der Waals surface area (Å²) in [4.78, 5) is 18.8. The average molecular weight is 250 g/mol. The fraction of sp³-hybridized carbons (Fsp3) is 0.167. The van der Waals surface area contributed by atoms with Crippen LogP contribution >= 0.6 is 11.6 Å². The number of aromatic nitrogens is 2. The highest BCUT2D eigenvalue weighted by Crippen LogP contribution is 2.07. The number of imidazole rings is 1. The Kier molecular flexibility index (Phi) is 3.77. The summed E-state index contributed by atoms with van der Waals surface area (Å²) >= 11 is 5.72. The third kappa shape index (κ3) is 3.07. The van der Waals surface area contributed by atoms with Crippen LogP contribution in [0.15, 0.2) is 36.7 Å². The molecule has 0 spiro atoms. The van der Waals surface area contributed by atoms with Crippen molar-refractivity contribution in [1.82, 2.24) is 15.3 Å². The van der Waals surface area contributed by atoms with Crippen LogP contribution in [-0.4, -0.2) is 15.9 Å². The van der Waals surface area contributed by atoms with Gasteiger partial charge in [0, 0.05) is 23.8 Å². The number of alkyl halides is 1. The molecule has 2 N–H and O–H groups in total. The number of carbonyl (C=O) groups is 1. The van der Waals surface area contributed by atoms with Crippen LogP contribution in [0, 0.1) is 0 Å². The van der Waals surface area contributed by atoms with E-state index in [1.165, 1.54) is 0 Å². The number of aromatic amines is 1. The van der Waals surface area contributed by atoms with Crippen molar-refractivity contribution in [3.63, 3.8) is 0 Å². The first-order valence-electron chi connectivity index (χ1n) is 5.21. The van der Waals surface area contributed by atoms with Crippen molar-refractivity contribution in [2.45, 2.75) is 12.4 Å². The quantitative estimate of drug-likeness (QED) is 0.815. The highest BCUT2D eigenvalue weighted by molar-refractivity contribution is 6.17. The van der Waals surface area contributed by atoms with Crippen LogP contribution in [0.5, 0.6) is 0 Å². The SMILES string of the molecule is O=C(NCc1ncc[nH]1)c1cccc(CCl)c1. The highest BCUT2D eigenvalue weighted by atomic mass is 35.5. The molecule has 0 fully saturated rings. The second-order valence-electron chi connectivity index (χ2n) is 3.55. The molecule has 0 aliphatic rings. The van der Waals surface area contributed by atoms with Gasteiger partial charge >= 0.3 is 0 Å². The van der Waals surface area contributed by atoms with Gasteiger partial charge in [0.2, 0.25) is 0 Å². The zero-order chi connectivity index (χ0) is 12.1. The molecule has 4 nitrogen and oxygen atoms in total. The zero-order valence-electron chi connectivity index (χ0n) is 9.11. The number of carbonyl (C=O) groups excluding carboxylic acids is 1. The minimum atomic E-state index is -0.131. The topological polar surface area (TPSA) is 57.8 Å². The molecule has 17 heavy (non-hydrogen) atoms. The van der Waals surface area contributed by atoms with Gasteiger partial charge in [0.25, 0.3) is 5.91 Å². The molecule has 2 aromatic rings. The monoisotopic (exact) mass is 249 g/mol. The Morgan fingerprint density at radius 2 is 2.35 bits per heavy atom. The van der Waals surface area contributed by atoms with Crippen LogP contribution in [0.25, 0.3) is 0 Å². The largest absolute Gasteiger partial charge is 0.347 e. The summed E-state index contributed by atoms with van der Waals surface area (Å²) in [6.07, 6.45) is 3.37. The van der Waals surface area contributed by atoms with Gasteiger partial charge in [-0.2, -0.15) is 0 Å². The molecule has 0 radical (unpaired) electrons. The van der Waals surface area contributed by atoms with E-state index in [0.29, 0.717) is 18.0 Å². The van der Waals surface area contributed by atoms with Gasteiger partial charge in [-0.25, -0.2) is 4.98 Å². The number of hydrogen-bond donors (Lipinski definition) is 2. The first kappa shape index (κ1) is 11.7. The van der Waals surface area contributed by atoms with Gasteiger partial charge in [-0.3, -0.25) is 4.79 Å². The van der Waals surface area contributed by atoms with E-state index in [9.17, 15) is 4.79 Å². The molecule has 1 heterocycles. The van der Waals surface area contributed by atoms with E-state index in [2.05, 4.69) is 15.3 Å². The maximum absolute atomic E-state index is 11.8. The Labute approximate surface area is 104 Å². The summed E-state index contributed by atoms with van der Waals surface area (Å²) in [5.74, 6) is 1.000. The molecule has 0 bridgehead atoms. The Hall–Kier alpha value is -1.81. The van der Waals surface area contributed by atoms with Crippen LogP contribution < -0.4 is 5.32 Å². The number of rotatable bonds is 4. The summed E-state index contributed by atoms with van der Waals surface area (Å²) in [7, 11) is 0. The van der Waals surface area contributed by atoms with E-state index in [-0.39, 0.29) is 5.91 Å². The predicted molar refractivity (Wildman–Crippen MR) is 65.8 cm³/mol. The highest BCUT2D eigenvalue weighted by Gasteiger charge is 2.06. The van der Waals surface area contributed by atoms with Gasteiger partial charge in [-0.1, -0.05) is 12.1 Å². The van der Waals surface area contributed by atoms with Crippen molar-refractivity contribution in [1.29, 1.82) is 0 Å². The van der Waals surface area contributed by atoms with E-state index in [4.69, 9.17) is 11.6 Å². The number of nitrogens with zero attached hydrogens (tertiary/aromatic N) is 1. The van der Waals surface area contributed by atoms with Crippen LogP contribution in [0.4, 0.5) is 0 Å². The lowest BCUT2D eigenvalue weighted by atomic mass is 10.1. The van der Waals surface area contributed by atoms with E-state index in [0.717, 1.165) is 11.4 Å².